The maximum atomic E-state index is 5.71. The molecule has 2 N–H and O–H groups in total. The van der Waals surface area contributed by atoms with E-state index in [1.165, 1.54) is 0 Å². The van der Waals surface area contributed by atoms with Crippen LogP contribution in [0.25, 0.3) is 0 Å². The number of nitrogen functional groups attached to an aromatic ring is 1. The van der Waals surface area contributed by atoms with Crippen LogP contribution in [0.4, 0.5) is 5.69 Å². The first-order valence-electron chi connectivity index (χ1n) is 4.00. The number of aromatic nitrogens is 1. The summed E-state index contributed by atoms with van der Waals surface area (Å²) in [6.45, 7) is 4.33. The Bertz CT molecular complexity index is 271. The molecule has 0 radical (unpaired) electrons. The van der Waals surface area contributed by atoms with Gasteiger partial charge in [-0.15, -0.1) is 0 Å². The minimum absolute atomic E-state index is 0.607. The third-order valence-electron chi connectivity index (χ3n) is 1.59. The molecule has 0 aliphatic carbocycles. The van der Waals surface area contributed by atoms with Gasteiger partial charge in [-0.05, 0) is 34.3 Å². The minimum Gasteiger partial charge on any atom is -0.398 e. The van der Waals surface area contributed by atoms with Crippen molar-refractivity contribution in [2.45, 2.75) is 20.3 Å². The summed E-state index contributed by atoms with van der Waals surface area (Å²) >= 11 is 3.42. The molecule has 0 aliphatic heterocycles. The topological polar surface area (TPSA) is 38.9 Å². The first-order valence-corrected chi connectivity index (χ1v) is 4.79. The van der Waals surface area contributed by atoms with Crippen molar-refractivity contribution < 1.29 is 0 Å². The van der Waals surface area contributed by atoms with E-state index in [1.807, 2.05) is 0 Å². The highest BCUT2D eigenvalue weighted by atomic mass is 79.9. The average molecular weight is 229 g/mol. The Kier molecular flexibility index (Phi) is 3.09. The smallest absolute Gasteiger partial charge is 0.0620 e. The molecule has 0 bridgehead atoms. The van der Waals surface area contributed by atoms with Crippen molar-refractivity contribution in [3.05, 3.63) is 22.4 Å². The SMILES string of the molecule is CC(C)Cc1nccc(N)c1Br. The highest BCUT2D eigenvalue weighted by Crippen LogP contribution is 2.23. The van der Waals surface area contributed by atoms with Crippen LogP contribution >= 0.6 is 15.9 Å². The van der Waals surface area contributed by atoms with Gasteiger partial charge in [0.15, 0.2) is 0 Å². The van der Waals surface area contributed by atoms with Crippen LogP contribution in [0, 0.1) is 5.92 Å². The van der Waals surface area contributed by atoms with Gasteiger partial charge in [0, 0.05) is 11.9 Å². The van der Waals surface area contributed by atoms with E-state index in [9.17, 15) is 0 Å². The van der Waals surface area contributed by atoms with Crippen molar-refractivity contribution in [1.29, 1.82) is 0 Å². The average Bonchev–Trinajstić information content (AvgIpc) is 1.98. The molecule has 0 aromatic carbocycles. The zero-order valence-electron chi connectivity index (χ0n) is 7.34. The molecule has 1 rings (SSSR count). The number of halogens is 1. The number of hydrogen-bond acceptors (Lipinski definition) is 2. The summed E-state index contributed by atoms with van der Waals surface area (Å²) in [7, 11) is 0. The van der Waals surface area contributed by atoms with Crippen LogP contribution in [-0.4, -0.2) is 4.98 Å². The van der Waals surface area contributed by atoms with E-state index < -0.39 is 0 Å². The molecule has 0 saturated carbocycles. The van der Waals surface area contributed by atoms with E-state index in [0.29, 0.717) is 5.92 Å². The van der Waals surface area contributed by atoms with Gasteiger partial charge in [-0.1, -0.05) is 13.8 Å². The summed E-state index contributed by atoms with van der Waals surface area (Å²) in [6.07, 6.45) is 2.71. The maximum Gasteiger partial charge on any atom is 0.0620 e. The van der Waals surface area contributed by atoms with Gasteiger partial charge in [-0.2, -0.15) is 0 Å². The lowest BCUT2D eigenvalue weighted by molar-refractivity contribution is 0.633. The molecule has 0 amide bonds. The van der Waals surface area contributed by atoms with Crippen LogP contribution in [0.2, 0.25) is 0 Å². The van der Waals surface area contributed by atoms with E-state index in [2.05, 4.69) is 34.8 Å². The lowest BCUT2D eigenvalue weighted by Crippen LogP contribution is -2.00. The summed E-state index contributed by atoms with van der Waals surface area (Å²) in [4.78, 5) is 4.25. The molecule has 2 nitrogen and oxygen atoms in total. The summed E-state index contributed by atoms with van der Waals surface area (Å²) in [5.74, 6) is 0.607. The molecule has 1 aromatic heterocycles. The fourth-order valence-corrected chi connectivity index (χ4v) is 1.43. The number of hydrogen-bond donors (Lipinski definition) is 1. The summed E-state index contributed by atoms with van der Waals surface area (Å²) in [5, 5.41) is 0. The fraction of sp³-hybridized carbons (Fsp3) is 0.444. The quantitative estimate of drug-likeness (QED) is 0.846. The minimum atomic E-state index is 0.607. The predicted molar refractivity (Wildman–Crippen MR) is 54.9 cm³/mol. The van der Waals surface area contributed by atoms with Crippen molar-refractivity contribution in [3.8, 4) is 0 Å². The largest absolute Gasteiger partial charge is 0.398 e. The monoisotopic (exact) mass is 228 g/mol. The van der Waals surface area contributed by atoms with Crippen LogP contribution < -0.4 is 5.73 Å². The number of nitrogens with two attached hydrogens (primary N) is 1. The Morgan fingerprint density at radius 2 is 2.25 bits per heavy atom. The van der Waals surface area contributed by atoms with E-state index in [4.69, 9.17) is 5.73 Å². The van der Waals surface area contributed by atoms with Gasteiger partial charge in [0.1, 0.15) is 0 Å². The van der Waals surface area contributed by atoms with E-state index in [-0.39, 0.29) is 0 Å². The van der Waals surface area contributed by atoms with E-state index in [0.717, 1.165) is 22.3 Å². The van der Waals surface area contributed by atoms with E-state index in [1.54, 1.807) is 12.3 Å². The second-order valence-electron chi connectivity index (χ2n) is 3.26. The van der Waals surface area contributed by atoms with Gasteiger partial charge in [0.05, 0.1) is 10.2 Å². The number of nitrogens with zero attached hydrogens (tertiary/aromatic N) is 1. The fourth-order valence-electron chi connectivity index (χ4n) is 1.03. The Balaban J connectivity index is 2.92. The van der Waals surface area contributed by atoms with Crippen molar-refractivity contribution in [2.75, 3.05) is 5.73 Å². The highest BCUT2D eigenvalue weighted by Gasteiger charge is 2.05. The van der Waals surface area contributed by atoms with Crippen LogP contribution in [0.3, 0.4) is 0 Å². The predicted octanol–water partition coefficient (Wildman–Crippen LogP) is 2.62. The first kappa shape index (κ1) is 9.52. The summed E-state index contributed by atoms with van der Waals surface area (Å²) in [5.41, 5.74) is 7.52. The van der Waals surface area contributed by atoms with Gasteiger partial charge in [0.2, 0.25) is 0 Å². The van der Waals surface area contributed by atoms with Crippen LogP contribution in [0.15, 0.2) is 16.7 Å². The van der Waals surface area contributed by atoms with Crippen molar-refractivity contribution in [3.63, 3.8) is 0 Å². The Hall–Kier alpha value is -0.570. The standard InChI is InChI=1S/C9H13BrN2/c1-6(2)5-8-9(10)7(11)3-4-12-8/h3-4,6H,5H2,1-2H3,(H2,11,12). The summed E-state index contributed by atoms with van der Waals surface area (Å²) < 4.78 is 0.943. The third-order valence-corrected chi connectivity index (χ3v) is 2.51. The normalized spacial score (nSPS) is 10.7. The van der Waals surface area contributed by atoms with Crippen LogP contribution in [0.5, 0.6) is 0 Å². The molecule has 0 spiro atoms. The molecule has 1 heterocycles. The Morgan fingerprint density at radius 3 is 2.83 bits per heavy atom. The van der Waals surface area contributed by atoms with Gasteiger partial charge in [-0.25, -0.2) is 0 Å². The molecule has 1 aromatic rings. The molecule has 3 heteroatoms. The van der Waals surface area contributed by atoms with Crippen LogP contribution in [0.1, 0.15) is 19.5 Å². The summed E-state index contributed by atoms with van der Waals surface area (Å²) in [6, 6.07) is 1.80. The molecular weight excluding hydrogens is 216 g/mol. The zero-order valence-corrected chi connectivity index (χ0v) is 8.93. The van der Waals surface area contributed by atoms with Crippen molar-refractivity contribution in [2.24, 2.45) is 5.92 Å². The molecular formula is C9H13BrN2. The second kappa shape index (κ2) is 3.90. The van der Waals surface area contributed by atoms with Gasteiger partial charge < -0.3 is 5.73 Å². The van der Waals surface area contributed by atoms with Crippen LogP contribution in [-0.2, 0) is 6.42 Å². The molecule has 0 aliphatic rings. The lowest BCUT2D eigenvalue weighted by atomic mass is 10.1. The molecule has 0 fully saturated rings. The van der Waals surface area contributed by atoms with Gasteiger partial charge >= 0.3 is 0 Å². The number of anilines is 1. The van der Waals surface area contributed by atoms with Crippen molar-refractivity contribution >= 4 is 21.6 Å². The lowest BCUT2D eigenvalue weighted by Gasteiger charge is -2.07. The van der Waals surface area contributed by atoms with Gasteiger partial charge in [0.25, 0.3) is 0 Å². The highest BCUT2D eigenvalue weighted by molar-refractivity contribution is 9.10. The number of rotatable bonds is 2. The zero-order chi connectivity index (χ0) is 9.14. The molecule has 0 atom stereocenters. The molecule has 12 heavy (non-hydrogen) atoms. The van der Waals surface area contributed by atoms with Gasteiger partial charge in [-0.3, -0.25) is 4.98 Å². The first-order chi connectivity index (χ1) is 5.61. The maximum absolute atomic E-state index is 5.71. The molecule has 0 unspecified atom stereocenters. The Morgan fingerprint density at radius 1 is 1.58 bits per heavy atom. The Labute approximate surface area is 81.3 Å². The third kappa shape index (κ3) is 2.21. The number of pyridine rings is 1. The van der Waals surface area contributed by atoms with Crippen molar-refractivity contribution in [1.82, 2.24) is 4.98 Å². The molecule has 66 valence electrons. The van der Waals surface area contributed by atoms with E-state index >= 15 is 0 Å². The molecule has 0 saturated heterocycles. The second-order valence-corrected chi connectivity index (χ2v) is 4.05.